The van der Waals surface area contributed by atoms with Gasteiger partial charge in [0, 0.05) is 19.7 Å². The Hall–Kier alpha value is -1.33. The van der Waals surface area contributed by atoms with E-state index in [1.807, 2.05) is 6.07 Å². The largest absolute Gasteiger partial charge is 0.396 e. The molecule has 1 unspecified atom stereocenters. The molecule has 5 nitrogen and oxygen atoms in total. The number of anilines is 1. The molecule has 0 radical (unpaired) electrons. The third-order valence-electron chi connectivity index (χ3n) is 3.73. The van der Waals surface area contributed by atoms with Gasteiger partial charge in [0.2, 0.25) is 0 Å². The van der Waals surface area contributed by atoms with E-state index >= 15 is 0 Å². The number of hydrogen-bond donors (Lipinski definition) is 2. The molecule has 2 N–H and O–H groups in total. The summed E-state index contributed by atoms with van der Waals surface area (Å²) < 4.78 is 0. The molecule has 3 heterocycles. The highest BCUT2D eigenvalue weighted by molar-refractivity contribution is 6.30. The molecule has 0 amide bonds. The Kier molecular flexibility index (Phi) is 3.57. The molecule has 0 aromatic carbocycles. The minimum absolute atomic E-state index is 0.258. The van der Waals surface area contributed by atoms with Gasteiger partial charge in [-0.25, -0.2) is 9.97 Å². The molecule has 1 saturated heterocycles. The van der Waals surface area contributed by atoms with Crippen LogP contribution >= 0.6 is 11.6 Å². The van der Waals surface area contributed by atoms with Crippen LogP contribution in [0.3, 0.4) is 0 Å². The van der Waals surface area contributed by atoms with Crippen LogP contribution in [0.4, 0.5) is 5.82 Å². The minimum atomic E-state index is 0.258. The van der Waals surface area contributed by atoms with E-state index in [-0.39, 0.29) is 6.61 Å². The standard InChI is InChI=1S/C13H17ClN4O/c14-11-6-10-12(17-11)15-8-16-13(10)18-4-1-2-9(7-18)3-5-19/h6,8-9,19H,1-5,7H2,(H,15,16,17). The topological polar surface area (TPSA) is 65.0 Å². The fourth-order valence-electron chi connectivity index (χ4n) is 2.82. The highest BCUT2D eigenvalue weighted by Gasteiger charge is 2.22. The molecule has 2 aromatic heterocycles. The average molecular weight is 281 g/mol. The predicted octanol–water partition coefficient (Wildman–Crippen LogP) is 2.21. The van der Waals surface area contributed by atoms with E-state index in [0.717, 1.165) is 42.8 Å². The molecule has 0 aliphatic carbocycles. The number of rotatable bonds is 3. The number of aromatic nitrogens is 3. The van der Waals surface area contributed by atoms with Crippen molar-refractivity contribution in [2.75, 3.05) is 24.6 Å². The van der Waals surface area contributed by atoms with Crippen molar-refractivity contribution in [1.82, 2.24) is 15.0 Å². The zero-order valence-electron chi connectivity index (χ0n) is 10.6. The van der Waals surface area contributed by atoms with Gasteiger partial charge in [-0.2, -0.15) is 0 Å². The molecular formula is C13H17ClN4O. The van der Waals surface area contributed by atoms with Crippen LogP contribution in [0, 0.1) is 5.92 Å². The van der Waals surface area contributed by atoms with E-state index in [1.165, 1.54) is 6.42 Å². The quantitative estimate of drug-likeness (QED) is 0.905. The molecule has 0 saturated carbocycles. The van der Waals surface area contributed by atoms with Crippen molar-refractivity contribution in [3.8, 4) is 0 Å². The van der Waals surface area contributed by atoms with Crippen LogP contribution in [0.25, 0.3) is 11.0 Å². The first-order chi connectivity index (χ1) is 9.28. The number of halogens is 1. The zero-order chi connectivity index (χ0) is 13.2. The predicted molar refractivity (Wildman–Crippen MR) is 75.5 cm³/mol. The van der Waals surface area contributed by atoms with E-state index in [2.05, 4.69) is 19.9 Å². The lowest BCUT2D eigenvalue weighted by Crippen LogP contribution is -2.36. The van der Waals surface area contributed by atoms with Gasteiger partial charge in [-0.3, -0.25) is 0 Å². The second-order valence-electron chi connectivity index (χ2n) is 5.04. The van der Waals surface area contributed by atoms with E-state index in [0.29, 0.717) is 11.1 Å². The number of aliphatic hydroxyl groups excluding tert-OH is 1. The summed E-state index contributed by atoms with van der Waals surface area (Å²) in [4.78, 5) is 13.9. The second-order valence-corrected chi connectivity index (χ2v) is 5.45. The van der Waals surface area contributed by atoms with Crippen molar-refractivity contribution in [1.29, 1.82) is 0 Å². The Bertz CT molecular complexity index is 569. The number of aromatic amines is 1. The number of aliphatic hydroxyl groups is 1. The van der Waals surface area contributed by atoms with Crippen LogP contribution in [0.5, 0.6) is 0 Å². The van der Waals surface area contributed by atoms with Crippen LogP contribution in [-0.2, 0) is 0 Å². The van der Waals surface area contributed by atoms with Crippen molar-refractivity contribution >= 4 is 28.5 Å². The van der Waals surface area contributed by atoms with E-state index in [4.69, 9.17) is 16.7 Å². The number of hydrogen-bond acceptors (Lipinski definition) is 4. The molecule has 0 bridgehead atoms. The summed E-state index contributed by atoms with van der Waals surface area (Å²) in [7, 11) is 0. The van der Waals surface area contributed by atoms with Gasteiger partial charge < -0.3 is 15.0 Å². The van der Waals surface area contributed by atoms with Crippen LogP contribution in [0.15, 0.2) is 12.4 Å². The summed E-state index contributed by atoms with van der Waals surface area (Å²) >= 11 is 6.00. The molecular weight excluding hydrogens is 264 g/mol. The average Bonchev–Trinajstić information content (AvgIpc) is 2.79. The van der Waals surface area contributed by atoms with Crippen LogP contribution in [-0.4, -0.2) is 39.8 Å². The molecule has 2 aromatic rings. The molecule has 1 atom stereocenters. The van der Waals surface area contributed by atoms with Crippen molar-refractivity contribution in [2.24, 2.45) is 5.92 Å². The number of piperidine rings is 1. The molecule has 102 valence electrons. The summed E-state index contributed by atoms with van der Waals surface area (Å²) in [6.45, 7) is 2.19. The normalized spacial score (nSPS) is 20.1. The van der Waals surface area contributed by atoms with Gasteiger partial charge in [0.1, 0.15) is 22.9 Å². The van der Waals surface area contributed by atoms with E-state index in [9.17, 15) is 0 Å². The second kappa shape index (κ2) is 5.35. The fraction of sp³-hybridized carbons (Fsp3) is 0.538. The highest BCUT2D eigenvalue weighted by Crippen LogP contribution is 2.29. The third kappa shape index (κ3) is 2.53. The maximum atomic E-state index is 9.08. The molecule has 1 aliphatic rings. The number of fused-ring (bicyclic) bond motifs is 1. The molecule has 3 rings (SSSR count). The lowest BCUT2D eigenvalue weighted by atomic mass is 9.95. The smallest absolute Gasteiger partial charge is 0.144 e. The SMILES string of the molecule is OCCC1CCCN(c2ncnc3[nH]c(Cl)cc23)C1. The molecule has 6 heteroatoms. The lowest BCUT2D eigenvalue weighted by molar-refractivity contribution is 0.244. The summed E-state index contributed by atoms with van der Waals surface area (Å²) in [5.74, 6) is 1.48. The first-order valence-corrected chi connectivity index (χ1v) is 7.00. The summed E-state index contributed by atoms with van der Waals surface area (Å²) in [6, 6.07) is 1.88. The van der Waals surface area contributed by atoms with Crippen LogP contribution < -0.4 is 4.90 Å². The minimum Gasteiger partial charge on any atom is -0.396 e. The van der Waals surface area contributed by atoms with E-state index in [1.54, 1.807) is 6.33 Å². The summed E-state index contributed by atoms with van der Waals surface area (Å²) in [6.07, 6.45) is 4.74. The maximum absolute atomic E-state index is 9.08. The first kappa shape index (κ1) is 12.7. The van der Waals surface area contributed by atoms with E-state index < -0.39 is 0 Å². The zero-order valence-corrected chi connectivity index (χ0v) is 11.4. The van der Waals surface area contributed by atoms with Gasteiger partial charge >= 0.3 is 0 Å². The maximum Gasteiger partial charge on any atom is 0.144 e. The van der Waals surface area contributed by atoms with Crippen LogP contribution in [0.2, 0.25) is 5.15 Å². The Morgan fingerprint density at radius 2 is 2.37 bits per heavy atom. The van der Waals surface area contributed by atoms with Crippen molar-refractivity contribution in [2.45, 2.75) is 19.3 Å². The number of nitrogens with one attached hydrogen (secondary N) is 1. The first-order valence-electron chi connectivity index (χ1n) is 6.63. The Balaban J connectivity index is 1.90. The highest BCUT2D eigenvalue weighted by atomic mass is 35.5. The van der Waals surface area contributed by atoms with Gasteiger partial charge in [-0.1, -0.05) is 11.6 Å². The summed E-state index contributed by atoms with van der Waals surface area (Å²) in [5, 5.41) is 10.6. The fourth-order valence-corrected chi connectivity index (χ4v) is 3.02. The summed E-state index contributed by atoms with van der Waals surface area (Å²) in [5.41, 5.74) is 0.777. The monoisotopic (exact) mass is 280 g/mol. The number of nitrogens with zero attached hydrogens (tertiary/aromatic N) is 3. The Morgan fingerprint density at radius 1 is 1.47 bits per heavy atom. The molecule has 1 aliphatic heterocycles. The Labute approximate surface area is 116 Å². The molecule has 1 fully saturated rings. The van der Waals surface area contributed by atoms with Gasteiger partial charge in [-0.15, -0.1) is 0 Å². The van der Waals surface area contributed by atoms with Gasteiger partial charge in [0.15, 0.2) is 0 Å². The van der Waals surface area contributed by atoms with Gasteiger partial charge in [0.25, 0.3) is 0 Å². The third-order valence-corrected chi connectivity index (χ3v) is 3.93. The molecule has 19 heavy (non-hydrogen) atoms. The van der Waals surface area contributed by atoms with Crippen molar-refractivity contribution < 1.29 is 5.11 Å². The molecule has 0 spiro atoms. The van der Waals surface area contributed by atoms with Crippen molar-refractivity contribution in [3.63, 3.8) is 0 Å². The van der Waals surface area contributed by atoms with Crippen molar-refractivity contribution in [3.05, 3.63) is 17.5 Å². The van der Waals surface area contributed by atoms with Gasteiger partial charge in [-0.05, 0) is 31.2 Å². The van der Waals surface area contributed by atoms with Gasteiger partial charge in [0.05, 0.1) is 5.39 Å². The Morgan fingerprint density at radius 3 is 3.21 bits per heavy atom. The number of H-pyrrole nitrogens is 1. The van der Waals surface area contributed by atoms with Crippen LogP contribution in [0.1, 0.15) is 19.3 Å². The lowest BCUT2D eigenvalue weighted by Gasteiger charge is -2.33.